The molecule has 4 heteroatoms. The van der Waals surface area contributed by atoms with Crippen LogP contribution in [0.3, 0.4) is 0 Å². The molecule has 224 valence electrons. The highest BCUT2D eigenvalue weighted by molar-refractivity contribution is 6.89. The molecule has 0 atom stereocenters. The average Bonchev–Trinajstić information content (AvgIpc) is 3.37. The van der Waals surface area contributed by atoms with Crippen LogP contribution in [0.5, 0.6) is 0 Å². The summed E-state index contributed by atoms with van der Waals surface area (Å²) in [6.45, 7) is 16.1. The van der Waals surface area contributed by atoms with Gasteiger partial charge >= 0.3 is 0 Å². The van der Waals surface area contributed by atoms with Crippen molar-refractivity contribution in [1.82, 2.24) is 4.98 Å². The molecule has 3 aromatic heterocycles. The standard InChI is InChI=1S/C40H45N2OSi/c1-24(2)32-20-30(28-14-12-11-13-15-28)21-33(25(3)4)38(32)29-18-19-42(7)35(22-29)37-27(6)36(44(8,9)10)23-34-31-17-16-26(5)41-40(31)43-39(34)37/h11-25H,1-10H3/q+1/i5D3. The van der Waals surface area contributed by atoms with E-state index in [9.17, 15) is 0 Å². The predicted molar refractivity (Wildman–Crippen MR) is 190 cm³/mol. The number of aryl methyl sites for hydroxylation is 2. The molecular formula is C40H45N2OSi+. The topological polar surface area (TPSA) is 29.9 Å². The van der Waals surface area contributed by atoms with Crippen molar-refractivity contribution in [2.24, 2.45) is 7.05 Å². The Balaban J connectivity index is 1.67. The van der Waals surface area contributed by atoms with Gasteiger partial charge < -0.3 is 4.42 Å². The van der Waals surface area contributed by atoms with E-state index in [-0.39, 0.29) is 5.69 Å². The van der Waals surface area contributed by atoms with Gasteiger partial charge in [-0.05, 0) is 76.7 Å². The lowest BCUT2D eigenvalue weighted by atomic mass is 9.82. The first-order chi connectivity index (χ1) is 22.1. The molecule has 0 aliphatic rings. The van der Waals surface area contributed by atoms with Gasteiger partial charge in [-0.25, -0.2) is 9.55 Å². The van der Waals surface area contributed by atoms with E-state index in [1.807, 2.05) is 6.07 Å². The third kappa shape index (κ3) is 5.19. The number of nitrogens with zero attached hydrogens (tertiary/aromatic N) is 2. The van der Waals surface area contributed by atoms with Crippen LogP contribution in [0.2, 0.25) is 19.6 Å². The summed E-state index contributed by atoms with van der Waals surface area (Å²) in [6.07, 6.45) is 2.16. The fraction of sp³-hybridized carbons (Fsp3) is 0.300. The van der Waals surface area contributed by atoms with E-state index < -0.39 is 14.9 Å². The number of pyridine rings is 2. The highest BCUT2D eigenvalue weighted by Gasteiger charge is 2.29. The largest absolute Gasteiger partial charge is 0.437 e. The smallest absolute Gasteiger partial charge is 0.227 e. The molecule has 44 heavy (non-hydrogen) atoms. The SMILES string of the molecule is [2H]C([2H])([2H])c1ccc2c(n1)oc1c(-c3cc(-c4c(C(C)C)cc(-c5ccccc5)cc4C(C)C)cc[n+]3C)c(C)c([Si](C)(C)C)cc12. The lowest BCUT2D eigenvalue weighted by Crippen LogP contribution is -2.40. The number of rotatable bonds is 6. The third-order valence-electron chi connectivity index (χ3n) is 8.94. The summed E-state index contributed by atoms with van der Waals surface area (Å²) in [7, 11) is 0.284. The summed E-state index contributed by atoms with van der Waals surface area (Å²) < 4.78 is 32.5. The van der Waals surface area contributed by atoms with Crippen LogP contribution in [-0.4, -0.2) is 13.1 Å². The van der Waals surface area contributed by atoms with Gasteiger partial charge in [-0.1, -0.05) is 101 Å². The van der Waals surface area contributed by atoms with Gasteiger partial charge in [-0.15, -0.1) is 0 Å². The Morgan fingerprint density at radius 3 is 2.07 bits per heavy atom. The predicted octanol–water partition coefficient (Wildman–Crippen LogP) is 10.2. The molecule has 3 heterocycles. The van der Waals surface area contributed by atoms with Crippen molar-refractivity contribution < 1.29 is 13.1 Å². The van der Waals surface area contributed by atoms with E-state index in [0.717, 1.165) is 27.6 Å². The molecule has 0 saturated heterocycles. The molecule has 0 radical (unpaired) electrons. The molecule has 0 bridgehead atoms. The zero-order chi connectivity index (χ0) is 34.0. The first kappa shape index (κ1) is 26.4. The summed E-state index contributed by atoms with van der Waals surface area (Å²) in [5.41, 5.74) is 12.0. The van der Waals surface area contributed by atoms with Gasteiger partial charge in [0, 0.05) is 32.7 Å². The van der Waals surface area contributed by atoms with Crippen molar-refractivity contribution >= 4 is 35.3 Å². The Bertz CT molecular complexity index is 2110. The number of furan rings is 1. The second kappa shape index (κ2) is 11.2. The van der Waals surface area contributed by atoms with E-state index in [0.29, 0.717) is 17.5 Å². The number of hydrogen-bond donors (Lipinski definition) is 0. The molecule has 3 nitrogen and oxygen atoms in total. The second-order valence-corrected chi connectivity index (χ2v) is 18.9. The van der Waals surface area contributed by atoms with Gasteiger partial charge in [0.15, 0.2) is 11.8 Å². The van der Waals surface area contributed by atoms with Gasteiger partial charge in [-0.3, -0.25) is 0 Å². The zero-order valence-corrected chi connectivity index (χ0v) is 28.5. The molecule has 0 unspecified atom stereocenters. The fourth-order valence-corrected chi connectivity index (χ4v) is 8.50. The molecule has 6 rings (SSSR count). The molecule has 0 aliphatic carbocycles. The van der Waals surface area contributed by atoms with Gasteiger partial charge in [0.2, 0.25) is 11.4 Å². The number of hydrogen-bond acceptors (Lipinski definition) is 2. The third-order valence-corrected chi connectivity index (χ3v) is 11.1. The van der Waals surface area contributed by atoms with Gasteiger partial charge in [0.25, 0.3) is 0 Å². The van der Waals surface area contributed by atoms with Gasteiger partial charge in [-0.2, -0.15) is 0 Å². The molecular weight excluding hydrogens is 553 g/mol. The van der Waals surface area contributed by atoms with Crippen LogP contribution in [-0.2, 0) is 7.05 Å². The first-order valence-electron chi connectivity index (χ1n) is 17.2. The van der Waals surface area contributed by atoms with Crippen molar-refractivity contribution in [3.8, 4) is 33.5 Å². The first-order valence-corrected chi connectivity index (χ1v) is 19.2. The van der Waals surface area contributed by atoms with Crippen LogP contribution < -0.4 is 9.75 Å². The van der Waals surface area contributed by atoms with Crippen LogP contribution >= 0.6 is 0 Å². The molecule has 6 aromatic rings. The van der Waals surface area contributed by atoms with Crippen LogP contribution in [0.4, 0.5) is 0 Å². The van der Waals surface area contributed by atoms with Crippen molar-refractivity contribution in [2.45, 2.75) is 72.9 Å². The number of benzene rings is 3. The number of fused-ring (bicyclic) bond motifs is 3. The van der Waals surface area contributed by atoms with Crippen molar-refractivity contribution in [1.29, 1.82) is 0 Å². The molecule has 0 N–H and O–H groups in total. The monoisotopic (exact) mass is 600 g/mol. The number of aromatic nitrogens is 2. The molecule has 0 saturated carbocycles. The van der Waals surface area contributed by atoms with Crippen molar-refractivity contribution in [2.75, 3.05) is 0 Å². The van der Waals surface area contributed by atoms with Gasteiger partial charge in [0.05, 0.1) is 13.6 Å². The van der Waals surface area contributed by atoms with E-state index in [2.05, 4.69) is 138 Å². The van der Waals surface area contributed by atoms with Crippen LogP contribution in [0, 0.1) is 13.8 Å². The molecule has 0 spiro atoms. The second-order valence-electron chi connectivity index (χ2n) is 13.8. The summed E-state index contributed by atoms with van der Waals surface area (Å²) in [5, 5.41) is 3.17. The van der Waals surface area contributed by atoms with Gasteiger partial charge in [0.1, 0.15) is 7.05 Å². The minimum Gasteiger partial charge on any atom is -0.437 e. The fourth-order valence-electron chi connectivity index (χ4n) is 6.67. The van der Waals surface area contributed by atoms with E-state index in [1.165, 1.54) is 44.1 Å². The highest BCUT2D eigenvalue weighted by Crippen LogP contribution is 2.42. The maximum Gasteiger partial charge on any atom is 0.227 e. The zero-order valence-electron chi connectivity index (χ0n) is 30.5. The maximum absolute atomic E-state index is 7.93. The Morgan fingerprint density at radius 2 is 1.45 bits per heavy atom. The highest BCUT2D eigenvalue weighted by atomic mass is 28.3. The Kier molecular flexibility index (Phi) is 6.69. The van der Waals surface area contributed by atoms with E-state index in [1.54, 1.807) is 6.07 Å². The Labute approximate surface area is 267 Å². The quantitative estimate of drug-likeness (QED) is 0.141. The summed E-state index contributed by atoms with van der Waals surface area (Å²) in [4.78, 5) is 4.50. The molecule has 0 amide bonds. The van der Waals surface area contributed by atoms with E-state index in [4.69, 9.17) is 8.53 Å². The summed E-state index contributed by atoms with van der Waals surface area (Å²) >= 11 is 0. The van der Waals surface area contributed by atoms with Crippen molar-refractivity contribution in [3.05, 3.63) is 101 Å². The average molecular weight is 601 g/mol. The van der Waals surface area contributed by atoms with Crippen LogP contribution in [0.15, 0.2) is 83.4 Å². The minimum atomic E-state index is -2.31. The Morgan fingerprint density at radius 1 is 0.773 bits per heavy atom. The molecule has 0 fully saturated rings. The van der Waals surface area contributed by atoms with Crippen LogP contribution in [0.25, 0.3) is 55.6 Å². The molecule has 3 aromatic carbocycles. The summed E-state index contributed by atoms with van der Waals surface area (Å²) in [5.74, 6) is 0.641. The minimum absolute atomic E-state index is 0.0432. The van der Waals surface area contributed by atoms with Crippen LogP contribution in [0.1, 0.15) is 66.0 Å². The van der Waals surface area contributed by atoms with E-state index >= 15 is 0 Å². The van der Waals surface area contributed by atoms with Crippen molar-refractivity contribution in [3.63, 3.8) is 0 Å². The lowest BCUT2D eigenvalue weighted by Gasteiger charge is -2.23. The summed E-state index contributed by atoms with van der Waals surface area (Å²) in [6, 6.07) is 25.7. The lowest BCUT2D eigenvalue weighted by molar-refractivity contribution is -0.660. The Hall–Kier alpha value is -4.02. The maximum atomic E-state index is 7.93. The normalized spacial score (nSPS) is 13.6. The molecule has 0 aliphatic heterocycles.